The summed E-state index contributed by atoms with van der Waals surface area (Å²) in [5.41, 5.74) is 0.333. The highest BCUT2D eigenvalue weighted by Gasteiger charge is 2.08. The van der Waals surface area contributed by atoms with E-state index in [1.807, 2.05) is 0 Å². The largest absolute Gasteiger partial charge is 0.272 e. The van der Waals surface area contributed by atoms with Crippen LogP contribution in [0.3, 0.4) is 0 Å². The first-order chi connectivity index (χ1) is 5.42. The molecule has 0 fully saturated rings. The van der Waals surface area contributed by atoms with Gasteiger partial charge in [-0.05, 0) is 18.3 Å². The Bertz CT molecular complexity index is 171. The van der Waals surface area contributed by atoms with Crippen molar-refractivity contribution in [1.82, 2.24) is 0 Å². The predicted molar refractivity (Wildman–Crippen MR) is 49.6 cm³/mol. The van der Waals surface area contributed by atoms with Crippen LogP contribution in [-0.2, 0) is 15.2 Å². The Hall–Kier alpha value is -0.0900. The van der Waals surface area contributed by atoms with Gasteiger partial charge in [0.2, 0.25) is 0 Å². The second kappa shape index (κ2) is 5.54. The molecule has 0 aromatic rings. The summed E-state index contributed by atoms with van der Waals surface area (Å²) < 4.78 is 24.4. The number of unbranched alkanes of at least 4 members (excludes halogenated alkanes) is 1. The molecule has 0 atom stereocenters. The standard InChI is InChI=1S/C8H18O3S/c1-8(2,3)6-4-5-7-11-12(9)10/h12H,4-7H2,1-3H3. The van der Waals surface area contributed by atoms with Gasteiger partial charge in [-0.25, -0.2) is 8.42 Å². The van der Waals surface area contributed by atoms with Gasteiger partial charge in [0.1, 0.15) is 0 Å². The molecule has 0 amide bonds. The van der Waals surface area contributed by atoms with Crippen molar-refractivity contribution < 1.29 is 12.6 Å². The molecular weight excluding hydrogens is 176 g/mol. The molecule has 0 aromatic carbocycles. The lowest BCUT2D eigenvalue weighted by atomic mass is 9.90. The first kappa shape index (κ1) is 11.9. The fourth-order valence-electron chi connectivity index (χ4n) is 0.896. The van der Waals surface area contributed by atoms with E-state index in [1.54, 1.807) is 0 Å². The van der Waals surface area contributed by atoms with Crippen LogP contribution in [0.25, 0.3) is 0 Å². The van der Waals surface area contributed by atoms with E-state index in [2.05, 4.69) is 25.0 Å². The summed E-state index contributed by atoms with van der Waals surface area (Å²) in [7, 11) is -2.65. The number of hydrogen-bond donors (Lipinski definition) is 1. The van der Waals surface area contributed by atoms with Crippen LogP contribution in [0.2, 0.25) is 0 Å². The lowest BCUT2D eigenvalue weighted by Crippen LogP contribution is -2.05. The topological polar surface area (TPSA) is 43.4 Å². The van der Waals surface area contributed by atoms with E-state index in [9.17, 15) is 8.42 Å². The molecule has 0 saturated carbocycles. The molecular formula is C8H18O3S. The molecule has 0 radical (unpaired) electrons. The average Bonchev–Trinajstić information content (AvgIpc) is 1.83. The molecule has 0 unspecified atom stereocenters. The lowest BCUT2D eigenvalue weighted by Gasteiger charge is -2.16. The summed E-state index contributed by atoms with van der Waals surface area (Å²) in [6, 6.07) is 0. The van der Waals surface area contributed by atoms with Crippen molar-refractivity contribution in [2.24, 2.45) is 5.41 Å². The summed E-state index contributed by atoms with van der Waals surface area (Å²) in [5, 5.41) is 0. The van der Waals surface area contributed by atoms with E-state index in [1.165, 1.54) is 0 Å². The lowest BCUT2D eigenvalue weighted by molar-refractivity contribution is 0.297. The van der Waals surface area contributed by atoms with Crippen LogP contribution in [0, 0.1) is 5.41 Å². The molecule has 0 saturated heterocycles. The van der Waals surface area contributed by atoms with E-state index in [-0.39, 0.29) is 0 Å². The van der Waals surface area contributed by atoms with E-state index in [4.69, 9.17) is 0 Å². The SMILES string of the molecule is CC(C)(C)CCCCO[SH](=O)=O. The summed E-state index contributed by atoms with van der Waals surface area (Å²) >= 11 is 0. The zero-order valence-electron chi connectivity index (χ0n) is 8.00. The van der Waals surface area contributed by atoms with Gasteiger partial charge in [0.25, 0.3) is 11.0 Å². The Morgan fingerprint density at radius 1 is 1.17 bits per heavy atom. The second-order valence-electron chi connectivity index (χ2n) is 4.07. The Morgan fingerprint density at radius 2 is 1.75 bits per heavy atom. The minimum Gasteiger partial charge on any atom is -0.272 e. The quantitative estimate of drug-likeness (QED) is 0.535. The van der Waals surface area contributed by atoms with Gasteiger partial charge >= 0.3 is 0 Å². The van der Waals surface area contributed by atoms with E-state index in [0.29, 0.717) is 12.0 Å². The van der Waals surface area contributed by atoms with E-state index >= 15 is 0 Å². The van der Waals surface area contributed by atoms with Crippen molar-refractivity contribution in [2.75, 3.05) is 6.61 Å². The Balaban J connectivity index is 3.22. The molecule has 12 heavy (non-hydrogen) atoms. The van der Waals surface area contributed by atoms with Gasteiger partial charge in [0.05, 0.1) is 6.61 Å². The summed E-state index contributed by atoms with van der Waals surface area (Å²) in [6.07, 6.45) is 2.94. The molecule has 0 aromatic heterocycles. The number of rotatable bonds is 5. The molecule has 0 heterocycles. The summed E-state index contributed by atoms with van der Waals surface area (Å²) in [6.45, 7) is 6.83. The molecule has 0 aliphatic carbocycles. The zero-order valence-corrected chi connectivity index (χ0v) is 8.89. The fraction of sp³-hybridized carbons (Fsp3) is 1.00. The molecule has 0 bridgehead atoms. The monoisotopic (exact) mass is 194 g/mol. The highest BCUT2D eigenvalue weighted by Crippen LogP contribution is 2.21. The maximum atomic E-state index is 9.97. The van der Waals surface area contributed by atoms with Crippen molar-refractivity contribution >= 4 is 11.0 Å². The van der Waals surface area contributed by atoms with Crippen molar-refractivity contribution in [3.05, 3.63) is 0 Å². The van der Waals surface area contributed by atoms with Crippen LogP contribution in [0.5, 0.6) is 0 Å². The zero-order chi connectivity index (χ0) is 9.61. The molecule has 0 spiro atoms. The predicted octanol–water partition coefficient (Wildman–Crippen LogP) is 1.75. The molecule has 4 heteroatoms. The first-order valence-electron chi connectivity index (χ1n) is 4.19. The molecule has 74 valence electrons. The Kier molecular flexibility index (Phi) is 5.50. The summed E-state index contributed by atoms with van der Waals surface area (Å²) in [4.78, 5) is 0. The third kappa shape index (κ3) is 9.91. The third-order valence-electron chi connectivity index (χ3n) is 1.52. The van der Waals surface area contributed by atoms with Gasteiger partial charge < -0.3 is 0 Å². The molecule has 0 N–H and O–H groups in total. The second-order valence-corrected chi connectivity index (χ2v) is 4.78. The van der Waals surface area contributed by atoms with Crippen LogP contribution in [0.15, 0.2) is 0 Å². The minimum absolute atomic E-state index is 0.328. The van der Waals surface area contributed by atoms with Crippen LogP contribution in [0.4, 0.5) is 0 Å². The maximum absolute atomic E-state index is 9.97. The van der Waals surface area contributed by atoms with Gasteiger partial charge in [-0.1, -0.05) is 27.2 Å². The van der Waals surface area contributed by atoms with Gasteiger partial charge in [-0.15, -0.1) is 0 Å². The van der Waals surface area contributed by atoms with Crippen LogP contribution >= 0.6 is 0 Å². The molecule has 0 aliphatic heterocycles. The van der Waals surface area contributed by atoms with Crippen molar-refractivity contribution in [2.45, 2.75) is 40.0 Å². The van der Waals surface area contributed by atoms with Gasteiger partial charge in [0, 0.05) is 0 Å². The van der Waals surface area contributed by atoms with E-state index < -0.39 is 11.0 Å². The van der Waals surface area contributed by atoms with E-state index in [0.717, 1.165) is 19.3 Å². The highest BCUT2D eigenvalue weighted by atomic mass is 32.2. The normalized spacial score (nSPS) is 12.3. The smallest absolute Gasteiger partial charge is 0.257 e. The van der Waals surface area contributed by atoms with Crippen molar-refractivity contribution in [3.63, 3.8) is 0 Å². The molecule has 0 aliphatic rings. The first-order valence-corrected chi connectivity index (χ1v) is 5.29. The Labute approximate surface area is 76.3 Å². The number of thiol groups is 1. The fourth-order valence-corrected chi connectivity index (χ4v) is 1.17. The third-order valence-corrected chi connectivity index (χ3v) is 1.91. The minimum atomic E-state index is -2.65. The molecule has 3 nitrogen and oxygen atoms in total. The van der Waals surface area contributed by atoms with Gasteiger partial charge in [-0.3, -0.25) is 4.18 Å². The van der Waals surface area contributed by atoms with Crippen molar-refractivity contribution in [1.29, 1.82) is 0 Å². The number of hydrogen-bond acceptors (Lipinski definition) is 3. The van der Waals surface area contributed by atoms with Crippen LogP contribution in [0.1, 0.15) is 40.0 Å². The highest BCUT2D eigenvalue weighted by molar-refractivity contribution is 7.67. The summed E-state index contributed by atoms with van der Waals surface area (Å²) in [5.74, 6) is 0. The van der Waals surface area contributed by atoms with Crippen LogP contribution in [-0.4, -0.2) is 15.0 Å². The maximum Gasteiger partial charge on any atom is 0.257 e. The van der Waals surface area contributed by atoms with Crippen LogP contribution < -0.4 is 0 Å². The Morgan fingerprint density at radius 3 is 2.17 bits per heavy atom. The molecule has 0 rings (SSSR count). The van der Waals surface area contributed by atoms with Crippen molar-refractivity contribution in [3.8, 4) is 0 Å². The average molecular weight is 194 g/mol. The van der Waals surface area contributed by atoms with Gasteiger partial charge in [0.15, 0.2) is 0 Å². The van der Waals surface area contributed by atoms with Gasteiger partial charge in [-0.2, -0.15) is 0 Å².